The van der Waals surface area contributed by atoms with Crippen LogP contribution in [0.2, 0.25) is 0 Å². The van der Waals surface area contributed by atoms with E-state index in [1.165, 1.54) is 0 Å². The lowest BCUT2D eigenvalue weighted by Gasteiger charge is -1.61. The Labute approximate surface area is 123 Å². The molecule has 0 aromatic heterocycles. The predicted octanol–water partition coefficient (Wildman–Crippen LogP) is 0.657. The molecule has 0 aliphatic heterocycles. The monoisotopic (exact) mass is 314 g/mol. The van der Waals surface area contributed by atoms with Gasteiger partial charge in [-0.1, -0.05) is 6.08 Å². The molecule has 0 heterocycles. The van der Waals surface area contributed by atoms with Gasteiger partial charge < -0.3 is 32.3 Å². The fourth-order valence-electron chi connectivity index (χ4n) is 0. The summed E-state index contributed by atoms with van der Waals surface area (Å²) in [6.45, 7) is 8.27. The molecule has 0 bridgehead atoms. The normalized spacial score (nSPS) is 5.95. The lowest BCUT2D eigenvalue weighted by atomic mass is 10.7. The fourth-order valence-corrected chi connectivity index (χ4v) is 0. The Hall–Kier alpha value is -2.46. The molecule has 0 unspecified atom stereocenters. The molecule has 0 aliphatic carbocycles. The van der Waals surface area contributed by atoms with Crippen LogP contribution in [0.4, 0.5) is 0 Å². The quantitative estimate of drug-likeness (QED) is 0.372. The number of rotatable bonds is 1. The summed E-state index contributed by atoms with van der Waals surface area (Å²) >= 11 is 0. The van der Waals surface area contributed by atoms with E-state index in [-0.39, 0.29) is 6.15 Å². The Balaban J connectivity index is -0.0000000331. The molecule has 0 spiro atoms. The van der Waals surface area contributed by atoms with Gasteiger partial charge in [0.1, 0.15) is 0 Å². The van der Waals surface area contributed by atoms with Crippen LogP contribution < -0.4 is 11.9 Å². The van der Waals surface area contributed by atoms with Crippen molar-refractivity contribution in [3.8, 4) is 0 Å². The van der Waals surface area contributed by atoms with Crippen LogP contribution in [-0.4, -0.2) is 50.8 Å². The Kier molecular flexibility index (Phi) is 62.2. The van der Waals surface area contributed by atoms with E-state index < -0.39 is 23.9 Å². The molecule has 0 saturated heterocycles. The first kappa shape index (κ1) is 36.3. The van der Waals surface area contributed by atoms with E-state index in [0.29, 0.717) is 6.54 Å². The molecule has 10 nitrogen and oxygen atoms in total. The van der Waals surface area contributed by atoms with Gasteiger partial charge in [-0.25, -0.2) is 0 Å². The molecule has 0 saturated carbocycles. The summed E-state index contributed by atoms with van der Waals surface area (Å²) in [5, 5.41) is 29.7. The van der Waals surface area contributed by atoms with Crippen molar-refractivity contribution < 1.29 is 39.6 Å². The van der Waals surface area contributed by atoms with Crippen molar-refractivity contribution in [2.75, 3.05) is 6.54 Å². The van der Waals surface area contributed by atoms with Gasteiger partial charge in [0.15, 0.2) is 0 Å². The first-order valence-electron chi connectivity index (χ1n) is 4.94. The highest BCUT2D eigenvalue weighted by atomic mass is 16.4. The van der Waals surface area contributed by atoms with Gasteiger partial charge in [0.05, 0.1) is 0 Å². The predicted molar refractivity (Wildman–Crippen MR) is 77.5 cm³/mol. The van der Waals surface area contributed by atoms with E-state index in [1.807, 2.05) is 0 Å². The van der Waals surface area contributed by atoms with Crippen molar-refractivity contribution in [1.82, 2.24) is 6.15 Å². The maximum Gasteiger partial charge on any atom is 0.300 e. The Morgan fingerprint density at radius 1 is 0.810 bits per heavy atom. The first-order chi connectivity index (χ1) is 8.84. The molecule has 0 aliphatic rings. The van der Waals surface area contributed by atoms with Crippen LogP contribution in [0.1, 0.15) is 27.7 Å². The lowest BCUT2D eigenvalue weighted by Crippen LogP contribution is -1.90. The molecule has 21 heavy (non-hydrogen) atoms. The Bertz CT molecular complexity index is 215. The van der Waals surface area contributed by atoms with Crippen molar-refractivity contribution in [2.45, 2.75) is 27.7 Å². The summed E-state index contributed by atoms with van der Waals surface area (Å²) in [6, 6.07) is 0. The summed E-state index contributed by atoms with van der Waals surface area (Å²) in [7, 11) is 0. The van der Waals surface area contributed by atoms with Crippen LogP contribution in [0.15, 0.2) is 12.7 Å². The van der Waals surface area contributed by atoms with E-state index in [4.69, 9.17) is 45.3 Å². The minimum absolute atomic E-state index is 0. The summed E-state index contributed by atoms with van der Waals surface area (Å²) in [5.41, 5.74) is 4.91. The zero-order chi connectivity index (χ0) is 17.7. The van der Waals surface area contributed by atoms with Crippen LogP contribution >= 0.6 is 0 Å². The number of hydrogen-bond acceptors (Lipinski definition) is 6. The van der Waals surface area contributed by atoms with Gasteiger partial charge in [0.25, 0.3) is 23.9 Å². The average molecular weight is 314 g/mol. The van der Waals surface area contributed by atoms with Crippen molar-refractivity contribution in [1.29, 1.82) is 0 Å². The molecule has 128 valence electrons. The second-order valence-corrected chi connectivity index (χ2v) is 2.60. The number of carboxylic acid groups (broad SMARTS) is 4. The van der Waals surface area contributed by atoms with Gasteiger partial charge in [0.2, 0.25) is 0 Å². The molecule has 9 N–H and O–H groups in total. The van der Waals surface area contributed by atoms with E-state index in [0.717, 1.165) is 27.7 Å². The highest BCUT2D eigenvalue weighted by Gasteiger charge is 1.66. The lowest BCUT2D eigenvalue weighted by molar-refractivity contribution is -0.135. The zero-order valence-electron chi connectivity index (χ0n) is 12.7. The third-order valence-electron chi connectivity index (χ3n) is 0.167. The zero-order valence-corrected chi connectivity index (χ0v) is 12.7. The highest BCUT2D eigenvalue weighted by molar-refractivity contribution is 5.63. The smallest absolute Gasteiger partial charge is 0.300 e. The third-order valence-corrected chi connectivity index (χ3v) is 0.167. The van der Waals surface area contributed by atoms with Crippen LogP contribution in [0.5, 0.6) is 0 Å². The second kappa shape index (κ2) is 36.0. The molecule has 0 radical (unpaired) electrons. The molecule has 0 aromatic rings. The topological polar surface area (TPSA) is 210 Å². The molecule has 0 amide bonds. The van der Waals surface area contributed by atoms with E-state index in [1.54, 1.807) is 6.08 Å². The largest absolute Gasteiger partial charge is 0.481 e. The molecular weight excluding hydrogens is 288 g/mol. The number of carboxylic acids is 4. The van der Waals surface area contributed by atoms with Crippen LogP contribution in [0.3, 0.4) is 0 Å². The van der Waals surface area contributed by atoms with Crippen LogP contribution in [0, 0.1) is 0 Å². The maximum atomic E-state index is 9.00. The summed E-state index contributed by atoms with van der Waals surface area (Å²) in [4.78, 5) is 36.0. The van der Waals surface area contributed by atoms with Crippen molar-refractivity contribution in [3.05, 3.63) is 12.7 Å². The molecule has 0 aromatic carbocycles. The first-order valence-corrected chi connectivity index (χ1v) is 4.94. The average Bonchev–Trinajstić information content (AvgIpc) is 2.13. The number of carbonyl (C=O) groups is 4. The maximum absolute atomic E-state index is 9.00. The SMILES string of the molecule is C=CCN.CC(=O)O.CC(=O)O.CC(=O)O.CC(=O)O.N. The molecule has 0 rings (SSSR count). The highest BCUT2D eigenvalue weighted by Crippen LogP contribution is 1.43. The molecule has 0 fully saturated rings. The fraction of sp³-hybridized carbons (Fsp3) is 0.455. The van der Waals surface area contributed by atoms with Gasteiger partial charge in [-0.15, -0.1) is 6.58 Å². The van der Waals surface area contributed by atoms with Gasteiger partial charge in [-0.3, -0.25) is 19.2 Å². The number of nitrogens with two attached hydrogens (primary N) is 1. The number of hydrogen-bond donors (Lipinski definition) is 6. The van der Waals surface area contributed by atoms with E-state index in [9.17, 15) is 0 Å². The van der Waals surface area contributed by atoms with Gasteiger partial charge in [-0.2, -0.15) is 0 Å². The van der Waals surface area contributed by atoms with Crippen molar-refractivity contribution in [3.63, 3.8) is 0 Å². The summed E-state index contributed by atoms with van der Waals surface area (Å²) < 4.78 is 0. The molecular formula is C11H26N2O8. The third kappa shape index (κ3) is 1990. The molecule has 10 heteroatoms. The minimum Gasteiger partial charge on any atom is -0.481 e. The summed E-state index contributed by atoms with van der Waals surface area (Å²) in [5.74, 6) is -3.33. The Morgan fingerprint density at radius 3 is 0.857 bits per heavy atom. The van der Waals surface area contributed by atoms with Gasteiger partial charge in [-0.05, 0) is 0 Å². The second-order valence-electron chi connectivity index (χ2n) is 2.60. The minimum atomic E-state index is -0.833. The molecule has 0 atom stereocenters. The van der Waals surface area contributed by atoms with E-state index in [2.05, 4.69) is 6.58 Å². The van der Waals surface area contributed by atoms with Gasteiger partial charge >= 0.3 is 0 Å². The van der Waals surface area contributed by atoms with Crippen molar-refractivity contribution in [2.24, 2.45) is 5.73 Å². The van der Waals surface area contributed by atoms with Crippen LogP contribution in [0.25, 0.3) is 0 Å². The number of aliphatic carboxylic acids is 4. The van der Waals surface area contributed by atoms with Gasteiger partial charge in [0, 0.05) is 34.2 Å². The van der Waals surface area contributed by atoms with Crippen molar-refractivity contribution >= 4 is 23.9 Å². The van der Waals surface area contributed by atoms with E-state index >= 15 is 0 Å². The van der Waals surface area contributed by atoms with Crippen LogP contribution in [-0.2, 0) is 19.2 Å². The Morgan fingerprint density at radius 2 is 0.857 bits per heavy atom. The summed E-state index contributed by atoms with van der Waals surface area (Å²) in [6.07, 6.45) is 1.65. The standard InChI is InChI=1S/C3H7N.4C2H4O2.H3N/c1-2-3-4;4*1-2(3)4;/h2H,1,3-4H2;4*1H3,(H,3,4);1H3.